The minimum absolute atomic E-state index is 1.02. The first-order chi connectivity index (χ1) is 6.81. The SMILES string of the molecule is CNc1cc2c(c(C)n1)CCCCC2. The molecule has 0 fully saturated rings. The van der Waals surface area contributed by atoms with Crippen molar-refractivity contribution in [2.75, 3.05) is 12.4 Å². The lowest BCUT2D eigenvalue weighted by molar-refractivity contribution is 0.711. The second-order valence-electron chi connectivity index (χ2n) is 4.04. The van der Waals surface area contributed by atoms with Crippen molar-refractivity contribution in [1.29, 1.82) is 0 Å². The lowest BCUT2D eigenvalue weighted by Crippen LogP contribution is -2.02. The zero-order valence-corrected chi connectivity index (χ0v) is 9.06. The summed E-state index contributed by atoms with van der Waals surface area (Å²) in [7, 11) is 1.94. The molecule has 0 bridgehead atoms. The first kappa shape index (κ1) is 9.50. The van der Waals surface area contributed by atoms with Crippen LogP contribution < -0.4 is 5.32 Å². The summed E-state index contributed by atoms with van der Waals surface area (Å²) in [5.41, 5.74) is 4.23. The average molecular weight is 190 g/mol. The third kappa shape index (κ3) is 1.74. The lowest BCUT2D eigenvalue weighted by Gasteiger charge is -2.11. The van der Waals surface area contributed by atoms with Gasteiger partial charge in [0.25, 0.3) is 0 Å². The molecule has 1 heterocycles. The average Bonchev–Trinajstić information content (AvgIpc) is 2.42. The van der Waals surface area contributed by atoms with E-state index >= 15 is 0 Å². The van der Waals surface area contributed by atoms with E-state index in [2.05, 4.69) is 23.3 Å². The molecule has 0 spiro atoms. The molecular weight excluding hydrogens is 172 g/mol. The van der Waals surface area contributed by atoms with Crippen LogP contribution in [0.4, 0.5) is 5.82 Å². The van der Waals surface area contributed by atoms with Gasteiger partial charge >= 0.3 is 0 Å². The van der Waals surface area contributed by atoms with E-state index in [9.17, 15) is 0 Å². The molecule has 0 radical (unpaired) electrons. The smallest absolute Gasteiger partial charge is 0.126 e. The number of aryl methyl sites for hydroxylation is 2. The van der Waals surface area contributed by atoms with Gasteiger partial charge in [0.15, 0.2) is 0 Å². The second kappa shape index (κ2) is 3.99. The van der Waals surface area contributed by atoms with Crippen LogP contribution >= 0.6 is 0 Å². The van der Waals surface area contributed by atoms with Crippen molar-refractivity contribution in [3.05, 3.63) is 22.9 Å². The van der Waals surface area contributed by atoms with Crippen molar-refractivity contribution in [2.45, 2.75) is 39.0 Å². The topological polar surface area (TPSA) is 24.9 Å². The molecule has 2 nitrogen and oxygen atoms in total. The normalized spacial score (nSPS) is 15.9. The van der Waals surface area contributed by atoms with Crippen LogP contribution in [-0.4, -0.2) is 12.0 Å². The van der Waals surface area contributed by atoms with E-state index in [0.717, 1.165) is 5.82 Å². The summed E-state index contributed by atoms with van der Waals surface area (Å²) in [6.45, 7) is 2.13. The molecule has 0 atom stereocenters. The number of aromatic nitrogens is 1. The minimum atomic E-state index is 1.02. The van der Waals surface area contributed by atoms with E-state index in [1.165, 1.54) is 48.9 Å². The summed E-state index contributed by atoms with van der Waals surface area (Å²) in [6.07, 6.45) is 6.47. The van der Waals surface area contributed by atoms with Gasteiger partial charge in [0.2, 0.25) is 0 Å². The molecule has 0 aromatic carbocycles. The van der Waals surface area contributed by atoms with Gasteiger partial charge < -0.3 is 5.32 Å². The summed E-state index contributed by atoms with van der Waals surface area (Å²) < 4.78 is 0. The maximum absolute atomic E-state index is 4.54. The zero-order chi connectivity index (χ0) is 9.97. The second-order valence-corrected chi connectivity index (χ2v) is 4.04. The third-order valence-corrected chi connectivity index (χ3v) is 3.05. The Morgan fingerprint density at radius 1 is 1.21 bits per heavy atom. The maximum Gasteiger partial charge on any atom is 0.126 e. The summed E-state index contributed by atoms with van der Waals surface area (Å²) in [5, 5.41) is 3.13. The summed E-state index contributed by atoms with van der Waals surface area (Å²) in [6, 6.07) is 2.22. The highest BCUT2D eigenvalue weighted by atomic mass is 15.0. The van der Waals surface area contributed by atoms with Crippen LogP contribution in [0.25, 0.3) is 0 Å². The molecule has 1 aliphatic rings. The van der Waals surface area contributed by atoms with Gasteiger partial charge in [-0.05, 0) is 49.8 Å². The van der Waals surface area contributed by atoms with E-state index in [1.807, 2.05) is 7.05 Å². The first-order valence-electron chi connectivity index (χ1n) is 5.48. The van der Waals surface area contributed by atoms with Crippen molar-refractivity contribution >= 4 is 5.82 Å². The molecule has 0 saturated carbocycles. The van der Waals surface area contributed by atoms with Crippen molar-refractivity contribution < 1.29 is 0 Å². The Bertz CT molecular complexity index is 331. The molecule has 14 heavy (non-hydrogen) atoms. The first-order valence-corrected chi connectivity index (χ1v) is 5.48. The van der Waals surface area contributed by atoms with Gasteiger partial charge in [0.1, 0.15) is 5.82 Å². The molecule has 1 aromatic heterocycles. The summed E-state index contributed by atoms with van der Waals surface area (Å²) in [5.74, 6) is 1.02. The number of pyridine rings is 1. The van der Waals surface area contributed by atoms with Crippen LogP contribution in [-0.2, 0) is 12.8 Å². The molecular formula is C12H18N2. The standard InChI is InChI=1S/C12H18N2/c1-9-11-7-5-3-4-6-10(11)8-12(13-2)14-9/h8H,3-7H2,1-2H3,(H,13,14). The van der Waals surface area contributed by atoms with Gasteiger partial charge in [-0.1, -0.05) is 6.42 Å². The van der Waals surface area contributed by atoms with Gasteiger partial charge in [-0.15, -0.1) is 0 Å². The number of hydrogen-bond donors (Lipinski definition) is 1. The monoisotopic (exact) mass is 190 g/mol. The Labute approximate surface area is 85.7 Å². The molecule has 76 valence electrons. The van der Waals surface area contributed by atoms with Crippen molar-refractivity contribution in [2.24, 2.45) is 0 Å². The molecule has 2 heteroatoms. The Hall–Kier alpha value is -1.05. The van der Waals surface area contributed by atoms with E-state index in [-0.39, 0.29) is 0 Å². The molecule has 0 aliphatic heterocycles. The number of rotatable bonds is 1. The highest BCUT2D eigenvalue weighted by Gasteiger charge is 2.11. The van der Waals surface area contributed by atoms with E-state index in [0.29, 0.717) is 0 Å². The molecule has 0 unspecified atom stereocenters. The molecule has 1 N–H and O–H groups in total. The highest BCUT2D eigenvalue weighted by molar-refractivity contribution is 5.44. The fraction of sp³-hybridized carbons (Fsp3) is 0.583. The number of anilines is 1. The van der Waals surface area contributed by atoms with Crippen molar-refractivity contribution in [3.8, 4) is 0 Å². The van der Waals surface area contributed by atoms with E-state index < -0.39 is 0 Å². The van der Waals surface area contributed by atoms with Gasteiger partial charge in [-0.25, -0.2) is 4.98 Å². The third-order valence-electron chi connectivity index (χ3n) is 3.05. The molecule has 0 saturated heterocycles. The largest absolute Gasteiger partial charge is 0.373 e. The Kier molecular flexibility index (Phi) is 2.71. The fourth-order valence-corrected chi connectivity index (χ4v) is 2.25. The molecule has 0 amide bonds. The number of hydrogen-bond acceptors (Lipinski definition) is 2. The van der Waals surface area contributed by atoms with Crippen molar-refractivity contribution in [3.63, 3.8) is 0 Å². The van der Waals surface area contributed by atoms with Gasteiger partial charge in [-0.3, -0.25) is 0 Å². The van der Waals surface area contributed by atoms with Crippen LogP contribution in [0.1, 0.15) is 36.1 Å². The Morgan fingerprint density at radius 3 is 2.79 bits per heavy atom. The van der Waals surface area contributed by atoms with Crippen LogP contribution in [0.2, 0.25) is 0 Å². The van der Waals surface area contributed by atoms with E-state index in [1.54, 1.807) is 0 Å². The highest BCUT2D eigenvalue weighted by Crippen LogP contribution is 2.24. The Morgan fingerprint density at radius 2 is 2.00 bits per heavy atom. The molecule has 2 rings (SSSR count). The van der Waals surface area contributed by atoms with E-state index in [4.69, 9.17) is 0 Å². The van der Waals surface area contributed by atoms with Crippen LogP contribution in [0.3, 0.4) is 0 Å². The zero-order valence-electron chi connectivity index (χ0n) is 9.06. The summed E-state index contributed by atoms with van der Waals surface area (Å²) in [4.78, 5) is 4.54. The van der Waals surface area contributed by atoms with Crippen LogP contribution in [0.5, 0.6) is 0 Å². The maximum atomic E-state index is 4.54. The fourth-order valence-electron chi connectivity index (χ4n) is 2.25. The Balaban J connectivity index is 2.43. The number of fused-ring (bicyclic) bond motifs is 1. The van der Waals surface area contributed by atoms with Crippen LogP contribution in [0, 0.1) is 6.92 Å². The predicted octanol–water partition coefficient (Wildman–Crippen LogP) is 2.70. The number of nitrogens with zero attached hydrogens (tertiary/aromatic N) is 1. The van der Waals surface area contributed by atoms with Gasteiger partial charge in [0, 0.05) is 12.7 Å². The predicted molar refractivity (Wildman–Crippen MR) is 59.8 cm³/mol. The van der Waals surface area contributed by atoms with Gasteiger partial charge in [-0.2, -0.15) is 0 Å². The molecule has 1 aliphatic carbocycles. The van der Waals surface area contributed by atoms with Gasteiger partial charge in [0.05, 0.1) is 0 Å². The summed E-state index contributed by atoms with van der Waals surface area (Å²) >= 11 is 0. The minimum Gasteiger partial charge on any atom is -0.373 e. The number of nitrogens with one attached hydrogen (secondary N) is 1. The molecule has 1 aromatic rings. The quantitative estimate of drug-likeness (QED) is 0.689. The van der Waals surface area contributed by atoms with Crippen LogP contribution in [0.15, 0.2) is 6.07 Å². The van der Waals surface area contributed by atoms with Crippen molar-refractivity contribution in [1.82, 2.24) is 4.98 Å². The lowest BCUT2D eigenvalue weighted by atomic mass is 10.0.